The van der Waals surface area contributed by atoms with Gasteiger partial charge in [0.2, 0.25) is 0 Å². The van der Waals surface area contributed by atoms with Crippen LogP contribution >= 0.6 is 0 Å². The number of ether oxygens (including phenoxy) is 2. The van der Waals surface area contributed by atoms with Crippen molar-refractivity contribution in [2.24, 2.45) is 0 Å². The van der Waals surface area contributed by atoms with Crippen molar-refractivity contribution in [1.29, 1.82) is 0 Å². The summed E-state index contributed by atoms with van der Waals surface area (Å²) >= 11 is 0. The minimum Gasteiger partial charge on any atom is -0.465 e. The van der Waals surface area contributed by atoms with Crippen molar-refractivity contribution in [3.63, 3.8) is 0 Å². The number of benzene rings is 1. The molecule has 4 nitrogen and oxygen atoms in total. The predicted molar refractivity (Wildman–Crippen MR) is 65.7 cm³/mol. The zero-order valence-corrected chi connectivity index (χ0v) is 10.6. The van der Waals surface area contributed by atoms with Crippen LogP contribution in [0.1, 0.15) is 18.9 Å². The van der Waals surface area contributed by atoms with Crippen LogP contribution in [0.4, 0.5) is 18.9 Å². The van der Waals surface area contributed by atoms with Gasteiger partial charge in [0, 0.05) is 5.69 Å². The summed E-state index contributed by atoms with van der Waals surface area (Å²) in [7, 11) is 0. The van der Waals surface area contributed by atoms with Gasteiger partial charge in [0.15, 0.2) is 0 Å². The number of nitrogen functional groups attached to an aromatic ring is 1. The number of hydrogen-bond donors (Lipinski definition) is 1. The second kappa shape index (κ2) is 6.70. The van der Waals surface area contributed by atoms with Gasteiger partial charge in [-0.25, -0.2) is 0 Å². The maximum atomic E-state index is 12.1. The molecule has 0 aliphatic carbocycles. The zero-order valence-electron chi connectivity index (χ0n) is 10.6. The average molecular weight is 287 g/mol. The minimum atomic E-state index is -4.79. The van der Waals surface area contributed by atoms with Crippen molar-refractivity contribution in [3.05, 3.63) is 23.8 Å². The van der Waals surface area contributed by atoms with Gasteiger partial charge >= 0.3 is 12.3 Å². The molecule has 0 aromatic heterocycles. The van der Waals surface area contributed by atoms with Crippen LogP contribution < -0.4 is 10.5 Å². The maximum absolute atomic E-state index is 12.1. The molecule has 0 saturated heterocycles. The Morgan fingerprint density at radius 1 is 1.40 bits per heavy atom. The Morgan fingerprint density at radius 2 is 2.10 bits per heavy atom. The summed E-state index contributed by atoms with van der Waals surface area (Å²) in [6.45, 7) is 1.89. The van der Waals surface area contributed by atoms with Crippen molar-refractivity contribution in [2.75, 3.05) is 12.3 Å². The summed E-state index contributed by atoms with van der Waals surface area (Å²) in [5.74, 6) is 4.04. The highest BCUT2D eigenvalue weighted by molar-refractivity contribution is 5.73. The highest BCUT2D eigenvalue weighted by atomic mass is 19.4. The van der Waals surface area contributed by atoms with Crippen LogP contribution in [-0.4, -0.2) is 18.9 Å². The van der Waals surface area contributed by atoms with Gasteiger partial charge in [-0.15, -0.1) is 13.2 Å². The lowest BCUT2D eigenvalue weighted by atomic mass is 10.1. The van der Waals surface area contributed by atoms with E-state index in [0.717, 1.165) is 12.1 Å². The van der Waals surface area contributed by atoms with Crippen LogP contribution in [-0.2, 0) is 9.53 Å². The highest BCUT2D eigenvalue weighted by Crippen LogP contribution is 2.25. The van der Waals surface area contributed by atoms with Crippen molar-refractivity contribution in [1.82, 2.24) is 0 Å². The molecule has 7 heteroatoms. The number of halogens is 3. The van der Waals surface area contributed by atoms with E-state index < -0.39 is 18.1 Å². The summed E-state index contributed by atoms with van der Waals surface area (Å²) in [5, 5.41) is 0. The molecule has 0 heterocycles. The average Bonchev–Trinajstić information content (AvgIpc) is 2.31. The van der Waals surface area contributed by atoms with Crippen molar-refractivity contribution >= 4 is 11.7 Å². The number of esters is 1. The summed E-state index contributed by atoms with van der Waals surface area (Å²) in [4.78, 5) is 11.0. The molecule has 0 unspecified atom stereocenters. The van der Waals surface area contributed by atoms with Crippen LogP contribution in [0.25, 0.3) is 0 Å². The molecular formula is C13H12F3NO3. The molecular weight excluding hydrogens is 275 g/mol. The van der Waals surface area contributed by atoms with Crippen LogP contribution in [0.15, 0.2) is 18.2 Å². The Kier molecular flexibility index (Phi) is 5.26. The Hall–Kier alpha value is -2.36. The van der Waals surface area contributed by atoms with E-state index in [1.54, 1.807) is 6.92 Å². The summed E-state index contributed by atoms with van der Waals surface area (Å²) in [6, 6.07) is 3.38. The van der Waals surface area contributed by atoms with E-state index in [2.05, 4.69) is 21.3 Å². The molecule has 0 fully saturated rings. The molecule has 0 radical (unpaired) electrons. The van der Waals surface area contributed by atoms with E-state index in [4.69, 9.17) is 5.73 Å². The number of carbonyl (C=O) groups is 1. The summed E-state index contributed by atoms with van der Waals surface area (Å²) < 4.78 is 44.6. The molecule has 0 bridgehead atoms. The van der Waals surface area contributed by atoms with Gasteiger partial charge in [-0.1, -0.05) is 11.8 Å². The minimum absolute atomic E-state index is 0.149. The molecule has 1 aromatic carbocycles. The smallest absolute Gasteiger partial charge is 0.465 e. The maximum Gasteiger partial charge on any atom is 0.573 e. The third-order valence-corrected chi connectivity index (χ3v) is 2.02. The first-order valence-electron chi connectivity index (χ1n) is 5.61. The molecule has 0 aliphatic heterocycles. The number of carbonyl (C=O) groups excluding carboxylic acids is 1. The van der Waals surface area contributed by atoms with E-state index >= 15 is 0 Å². The Bertz CT molecular complexity index is 544. The number of hydrogen-bond acceptors (Lipinski definition) is 4. The quantitative estimate of drug-likeness (QED) is 0.527. The SMILES string of the molecule is CCOC(=O)CC#Cc1cc(OC(F)(F)F)ccc1N. The van der Waals surface area contributed by atoms with Gasteiger partial charge in [0.1, 0.15) is 12.2 Å². The third kappa shape index (κ3) is 5.52. The first-order chi connectivity index (χ1) is 9.31. The Labute approximate surface area is 113 Å². The third-order valence-electron chi connectivity index (χ3n) is 2.02. The van der Waals surface area contributed by atoms with Crippen LogP contribution in [0, 0.1) is 11.8 Å². The van der Waals surface area contributed by atoms with E-state index in [9.17, 15) is 18.0 Å². The molecule has 0 saturated carbocycles. The van der Waals surface area contributed by atoms with Crippen molar-refractivity contribution < 1.29 is 27.4 Å². The predicted octanol–water partition coefficient (Wildman–Crippen LogP) is 2.47. The van der Waals surface area contributed by atoms with Gasteiger partial charge in [-0.2, -0.15) is 0 Å². The van der Waals surface area contributed by atoms with Crippen molar-refractivity contribution in [2.45, 2.75) is 19.7 Å². The second-order valence-corrected chi connectivity index (χ2v) is 3.58. The molecule has 2 N–H and O–H groups in total. The van der Waals surface area contributed by atoms with Crippen LogP contribution in [0.3, 0.4) is 0 Å². The summed E-state index contributed by atoms with van der Waals surface area (Å²) in [5.41, 5.74) is 5.91. The topological polar surface area (TPSA) is 61.5 Å². The molecule has 0 aliphatic rings. The fourth-order valence-electron chi connectivity index (χ4n) is 1.26. The molecule has 1 rings (SSSR count). The fraction of sp³-hybridized carbons (Fsp3) is 0.308. The van der Waals surface area contributed by atoms with E-state index in [1.165, 1.54) is 6.07 Å². The molecule has 0 atom stereocenters. The van der Waals surface area contributed by atoms with E-state index in [-0.39, 0.29) is 24.3 Å². The molecule has 108 valence electrons. The van der Waals surface area contributed by atoms with Gasteiger partial charge in [-0.05, 0) is 25.1 Å². The van der Waals surface area contributed by atoms with E-state index in [0.29, 0.717) is 0 Å². The summed E-state index contributed by atoms with van der Waals surface area (Å²) in [6.07, 6.45) is -4.95. The molecule has 0 amide bonds. The van der Waals surface area contributed by atoms with Crippen LogP contribution in [0.5, 0.6) is 5.75 Å². The lowest BCUT2D eigenvalue weighted by Gasteiger charge is -2.09. The normalized spacial score (nSPS) is 10.4. The van der Waals surface area contributed by atoms with Gasteiger partial charge in [0.25, 0.3) is 0 Å². The van der Waals surface area contributed by atoms with Gasteiger partial charge in [-0.3, -0.25) is 4.79 Å². The Morgan fingerprint density at radius 3 is 2.70 bits per heavy atom. The first kappa shape index (κ1) is 15.7. The lowest BCUT2D eigenvalue weighted by Crippen LogP contribution is -2.17. The number of anilines is 1. The van der Waals surface area contributed by atoms with Gasteiger partial charge < -0.3 is 15.2 Å². The second-order valence-electron chi connectivity index (χ2n) is 3.58. The van der Waals surface area contributed by atoms with Crippen molar-refractivity contribution in [3.8, 4) is 17.6 Å². The number of alkyl halides is 3. The lowest BCUT2D eigenvalue weighted by molar-refractivity contribution is -0.274. The fourth-order valence-corrected chi connectivity index (χ4v) is 1.26. The molecule has 1 aromatic rings. The van der Waals surface area contributed by atoms with E-state index in [1.807, 2.05) is 0 Å². The zero-order chi connectivity index (χ0) is 15.2. The molecule has 20 heavy (non-hydrogen) atoms. The highest BCUT2D eigenvalue weighted by Gasteiger charge is 2.31. The van der Waals surface area contributed by atoms with Gasteiger partial charge in [0.05, 0.1) is 12.2 Å². The number of rotatable bonds is 3. The largest absolute Gasteiger partial charge is 0.573 e. The monoisotopic (exact) mass is 287 g/mol. The van der Waals surface area contributed by atoms with Crippen LogP contribution in [0.2, 0.25) is 0 Å². The number of nitrogens with two attached hydrogens (primary N) is 1. The molecule has 0 spiro atoms. The standard InChI is InChI=1S/C13H12F3NO3/c1-2-19-12(18)5-3-4-9-8-10(6-7-11(9)17)20-13(14,15)16/h6-8H,2,5,17H2,1H3. The Balaban J connectivity index is 2.82. The first-order valence-corrected chi connectivity index (χ1v) is 5.61.